The summed E-state index contributed by atoms with van der Waals surface area (Å²) in [6.45, 7) is 2.27. The summed E-state index contributed by atoms with van der Waals surface area (Å²) in [4.78, 5) is 17.2. The number of aromatic nitrogens is 3. The van der Waals surface area contributed by atoms with Gasteiger partial charge < -0.3 is 10.1 Å². The Labute approximate surface area is 156 Å². The van der Waals surface area contributed by atoms with Crippen molar-refractivity contribution in [2.24, 2.45) is 11.8 Å². The molecule has 0 bridgehead atoms. The van der Waals surface area contributed by atoms with E-state index in [9.17, 15) is 4.79 Å². The van der Waals surface area contributed by atoms with Crippen molar-refractivity contribution in [1.82, 2.24) is 20.1 Å². The van der Waals surface area contributed by atoms with Crippen LogP contribution in [0.4, 0.5) is 0 Å². The number of halogens is 1. The molecule has 3 heterocycles. The molecule has 2 fully saturated rings. The van der Waals surface area contributed by atoms with Crippen LogP contribution in [0, 0.1) is 11.8 Å². The highest BCUT2D eigenvalue weighted by Crippen LogP contribution is 2.57. The average molecular weight is 373 g/mol. The van der Waals surface area contributed by atoms with Crippen molar-refractivity contribution in [1.29, 1.82) is 0 Å². The van der Waals surface area contributed by atoms with Gasteiger partial charge in [-0.15, -0.1) is 0 Å². The van der Waals surface area contributed by atoms with Crippen LogP contribution in [0.25, 0.3) is 5.82 Å². The summed E-state index contributed by atoms with van der Waals surface area (Å²) < 4.78 is 7.24. The van der Waals surface area contributed by atoms with Crippen molar-refractivity contribution in [2.75, 3.05) is 19.8 Å². The van der Waals surface area contributed by atoms with Gasteiger partial charge in [0.05, 0.1) is 10.7 Å². The number of rotatable bonds is 4. The van der Waals surface area contributed by atoms with Crippen molar-refractivity contribution in [3.8, 4) is 5.82 Å². The molecular formula is C19H21ClN4O2. The molecule has 2 atom stereocenters. The zero-order valence-corrected chi connectivity index (χ0v) is 15.2. The van der Waals surface area contributed by atoms with Crippen LogP contribution in [0.2, 0.25) is 5.02 Å². The van der Waals surface area contributed by atoms with E-state index in [-0.39, 0.29) is 5.91 Å². The first-order chi connectivity index (χ1) is 12.7. The highest BCUT2D eigenvalue weighted by molar-refractivity contribution is 6.30. The molecule has 1 saturated carbocycles. The largest absolute Gasteiger partial charge is 0.381 e. The Kier molecular flexibility index (Phi) is 3.98. The first-order valence-corrected chi connectivity index (χ1v) is 9.68. The summed E-state index contributed by atoms with van der Waals surface area (Å²) in [6.07, 6.45) is 5.77. The molecule has 2 aliphatic carbocycles. The number of nitrogens with zero attached hydrogens (tertiary/aromatic N) is 3. The van der Waals surface area contributed by atoms with Gasteiger partial charge >= 0.3 is 0 Å². The van der Waals surface area contributed by atoms with Crippen molar-refractivity contribution in [3.63, 3.8) is 0 Å². The standard InChI is InChI=1S/C19H21ClN4O2/c20-13-1-2-16(21-10-13)24-18-14-7-12(14)8-15(18)17(23-24)19(25)22-9-11-3-5-26-6-4-11/h1-2,10-12,14H,3-9H2,(H,22,25)/t12-,14-/m1/s1. The number of hydrogen-bond acceptors (Lipinski definition) is 4. The normalized spacial score (nSPS) is 24.2. The van der Waals surface area contributed by atoms with Crippen LogP contribution in [0.5, 0.6) is 0 Å². The summed E-state index contributed by atoms with van der Waals surface area (Å²) in [5.74, 6) is 2.34. The van der Waals surface area contributed by atoms with Gasteiger partial charge in [0, 0.05) is 37.4 Å². The van der Waals surface area contributed by atoms with Gasteiger partial charge in [-0.25, -0.2) is 9.67 Å². The highest BCUT2D eigenvalue weighted by Gasteiger charge is 2.50. The fraction of sp³-hybridized carbons (Fsp3) is 0.526. The molecule has 1 saturated heterocycles. The number of ether oxygens (including phenoxy) is 1. The van der Waals surface area contributed by atoms with E-state index in [2.05, 4.69) is 15.4 Å². The predicted molar refractivity (Wildman–Crippen MR) is 96.8 cm³/mol. The molecule has 3 aliphatic rings. The minimum absolute atomic E-state index is 0.0678. The van der Waals surface area contributed by atoms with E-state index in [1.807, 2.05) is 16.8 Å². The molecule has 2 aromatic heterocycles. The van der Waals surface area contributed by atoms with Crippen molar-refractivity contribution < 1.29 is 9.53 Å². The molecule has 2 aromatic rings. The third-order valence-electron chi connectivity index (χ3n) is 5.80. The zero-order valence-electron chi connectivity index (χ0n) is 14.4. The van der Waals surface area contributed by atoms with Crippen LogP contribution in [0.15, 0.2) is 18.3 Å². The minimum Gasteiger partial charge on any atom is -0.381 e. The van der Waals surface area contributed by atoms with Crippen LogP contribution in [0.3, 0.4) is 0 Å². The fourth-order valence-electron chi connectivity index (χ4n) is 4.24. The molecule has 0 aromatic carbocycles. The molecule has 0 unspecified atom stereocenters. The Hall–Kier alpha value is -1.92. The second-order valence-electron chi connectivity index (χ2n) is 7.53. The molecule has 1 N–H and O–H groups in total. The van der Waals surface area contributed by atoms with Gasteiger partial charge in [-0.2, -0.15) is 5.10 Å². The lowest BCUT2D eigenvalue weighted by Crippen LogP contribution is -2.32. The topological polar surface area (TPSA) is 69.0 Å². The predicted octanol–water partition coefficient (Wildman–Crippen LogP) is 2.74. The molecule has 7 heteroatoms. The number of amides is 1. The number of fused-ring (bicyclic) bond motifs is 3. The molecule has 0 radical (unpaired) electrons. The zero-order chi connectivity index (χ0) is 17.7. The smallest absolute Gasteiger partial charge is 0.272 e. The Morgan fingerprint density at radius 3 is 2.96 bits per heavy atom. The second kappa shape index (κ2) is 6.35. The number of carbonyl (C=O) groups excluding carboxylic acids is 1. The number of carbonyl (C=O) groups is 1. The van der Waals surface area contributed by atoms with Crippen molar-refractivity contribution in [3.05, 3.63) is 40.3 Å². The van der Waals surface area contributed by atoms with Gasteiger partial charge in [0.25, 0.3) is 5.91 Å². The average Bonchev–Trinajstić information content (AvgIpc) is 3.17. The fourth-order valence-corrected chi connectivity index (χ4v) is 4.35. The third-order valence-corrected chi connectivity index (χ3v) is 6.02. The molecule has 5 rings (SSSR count). The number of nitrogens with one attached hydrogen (secondary N) is 1. The molecule has 26 heavy (non-hydrogen) atoms. The van der Waals surface area contributed by atoms with E-state index >= 15 is 0 Å². The Balaban J connectivity index is 1.40. The van der Waals surface area contributed by atoms with Gasteiger partial charge in [0.15, 0.2) is 11.5 Å². The van der Waals surface area contributed by atoms with E-state index in [1.165, 1.54) is 12.1 Å². The molecule has 6 nitrogen and oxygen atoms in total. The molecular weight excluding hydrogens is 352 g/mol. The van der Waals surface area contributed by atoms with Gasteiger partial charge in [-0.1, -0.05) is 11.6 Å². The summed E-state index contributed by atoms with van der Waals surface area (Å²) in [7, 11) is 0. The molecule has 0 spiro atoms. The number of hydrogen-bond donors (Lipinski definition) is 1. The molecule has 1 aliphatic heterocycles. The van der Waals surface area contributed by atoms with Gasteiger partial charge in [-0.05, 0) is 49.7 Å². The SMILES string of the molecule is O=C(NCC1CCOCC1)c1nn(-c2ccc(Cl)cn2)c2c1C[C@H]1C[C@@H]21. The van der Waals surface area contributed by atoms with E-state index in [0.717, 1.165) is 43.9 Å². The Morgan fingerprint density at radius 1 is 1.35 bits per heavy atom. The van der Waals surface area contributed by atoms with Crippen molar-refractivity contribution in [2.45, 2.75) is 31.6 Å². The first-order valence-electron chi connectivity index (χ1n) is 9.30. The van der Waals surface area contributed by atoms with Crippen LogP contribution < -0.4 is 5.32 Å². The summed E-state index contributed by atoms with van der Waals surface area (Å²) in [5.41, 5.74) is 2.84. The number of pyridine rings is 1. The van der Waals surface area contributed by atoms with Crippen molar-refractivity contribution >= 4 is 17.5 Å². The first kappa shape index (κ1) is 16.3. The van der Waals surface area contributed by atoms with Gasteiger partial charge in [0.1, 0.15) is 0 Å². The van der Waals surface area contributed by atoms with Crippen LogP contribution in [-0.2, 0) is 11.2 Å². The summed E-state index contributed by atoms with van der Waals surface area (Å²) in [6, 6.07) is 3.66. The quantitative estimate of drug-likeness (QED) is 0.896. The van der Waals surface area contributed by atoms with Crippen LogP contribution >= 0.6 is 11.6 Å². The minimum atomic E-state index is -0.0678. The molecule has 136 valence electrons. The molecule has 1 amide bonds. The maximum Gasteiger partial charge on any atom is 0.272 e. The third kappa shape index (κ3) is 2.81. The Bertz CT molecular complexity index is 842. The second-order valence-corrected chi connectivity index (χ2v) is 7.97. The summed E-state index contributed by atoms with van der Waals surface area (Å²) >= 11 is 5.96. The van der Waals surface area contributed by atoms with E-state index < -0.39 is 0 Å². The monoisotopic (exact) mass is 372 g/mol. The highest BCUT2D eigenvalue weighted by atomic mass is 35.5. The van der Waals surface area contributed by atoms with E-state index in [0.29, 0.717) is 35.0 Å². The lowest BCUT2D eigenvalue weighted by atomic mass is 10.0. The van der Waals surface area contributed by atoms with Gasteiger partial charge in [0.2, 0.25) is 0 Å². The lowest BCUT2D eigenvalue weighted by molar-refractivity contribution is 0.0642. The lowest BCUT2D eigenvalue weighted by Gasteiger charge is -2.22. The van der Waals surface area contributed by atoms with E-state index in [4.69, 9.17) is 16.3 Å². The van der Waals surface area contributed by atoms with E-state index in [1.54, 1.807) is 6.20 Å². The van der Waals surface area contributed by atoms with Crippen LogP contribution in [-0.4, -0.2) is 40.4 Å². The maximum atomic E-state index is 12.8. The Morgan fingerprint density at radius 2 is 2.19 bits per heavy atom. The maximum absolute atomic E-state index is 12.8. The summed E-state index contributed by atoms with van der Waals surface area (Å²) in [5, 5.41) is 8.33. The van der Waals surface area contributed by atoms with Crippen LogP contribution in [0.1, 0.15) is 46.9 Å². The van der Waals surface area contributed by atoms with Gasteiger partial charge in [-0.3, -0.25) is 4.79 Å².